The normalized spacial score (nSPS) is 30.5. The van der Waals surface area contributed by atoms with Crippen molar-refractivity contribution in [3.63, 3.8) is 0 Å². The lowest BCUT2D eigenvalue weighted by atomic mass is 10.0. The first-order chi connectivity index (χ1) is 9.09. The predicted molar refractivity (Wildman–Crippen MR) is 66.7 cm³/mol. The highest BCUT2D eigenvalue weighted by atomic mass is 16.5. The largest absolute Gasteiger partial charge is 0.481 e. The van der Waals surface area contributed by atoms with Crippen molar-refractivity contribution >= 4 is 11.9 Å². The maximum absolute atomic E-state index is 12.1. The molecule has 0 radical (unpaired) electrons. The van der Waals surface area contributed by atoms with E-state index in [1.54, 1.807) is 7.05 Å². The van der Waals surface area contributed by atoms with Crippen LogP contribution in [0.1, 0.15) is 25.7 Å². The lowest BCUT2D eigenvalue weighted by molar-refractivity contribution is -0.144. The summed E-state index contributed by atoms with van der Waals surface area (Å²) in [6, 6.07) is -0.352. The Morgan fingerprint density at radius 2 is 2.16 bits per heavy atom. The van der Waals surface area contributed by atoms with Gasteiger partial charge in [-0.2, -0.15) is 0 Å². The third-order valence-electron chi connectivity index (χ3n) is 3.96. The van der Waals surface area contributed by atoms with Crippen molar-refractivity contribution in [3.8, 4) is 0 Å². The minimum atomic E-state index is -0.902. The van der Waals surface area contributed by atoms with E-state index in [1.165, 1.54) is 4.90 Å². The monoisotopic (exact) mass is 271 g/mol. The van der Waals surface area contributed by atoms with Crippen molar-refractivity contribution in [3.05, 3.63) is 0 Å². The van der Waals surface area contributed by atoms with Crippen molar-refractivity contribution in [2.45, 2.75) is 37.8 Å². The van der Waals surface area contributed by atoms with Gasteiger partial charge in [0.1, 0.15) is 5.92 Å². The Balaban J connectivity index is 1.82. The molecule has 19 heavy (non-hydrogen) atoms. The minimum Gasteiger partial charge on any atom is -0.481 e. The smallest absolute Gasteiger partial charge is 0.311 e. The van der Waals surface area contributed by atoms with Crippen LogP contribution in [0.5, 0.6) is 0 Å². The van der Waals surface area contributed by atoms with Crippen molar-refractivity contribution in [1.82, 2.24) is 4.90 Å². The highest BCUT2D eigenvalue weighted by molar-refractivity contribution is 5.78. The Labute approximate surface area is 112 Å². The quantitative estimate of drug-likeness (QED) is 0.788. The van der Waals surface area contributed by atoms with Gasteiger partial charge in [-0.05, 0) is 19.3 Å². The number of hydrogen-bond donors (Lipinski definition) is 1. The molecule has 2 heterocycles. The van der Waals surface area contributed by atoms with Crippen molar-refractivity contribution in [2.24, 2.45) is 5.92 Å². The highest BCUT2D eigenvalue weighted by Gasteiger charge is 2.38. The summed E-state index contributed by atoms with van der Waals surface area (Å²) in [6.45, 7) is 1.27. The molecule has 0 spiro atoms. The number of likely N-dealkylation sites (N-methyl/N-ethyl adjacent to an activating group) is 1. The minimum absolute atomic E-state index is 0.0303. The molecule has 3 atom stereocenters. The zero-order valence-electron chi connectivity index (χ0n) is 11.2. The molecule has 2 fully saturated rings. The SMILES string of the molecule is CN(C(=O)CCC1CCCO1)C1COCC1C(=O)O. The van der Waals surface area contributed by atoms with E-state index in [2.05, 4.69) is 0 Å². The molecule has 2 aliphatic rings. The number of ether oxygens (including phenoxy) is 2. The van der Waals surface area contributed by atoms with Crippen LogP contribution in [-0.2, 0) is 19.1 Å². The molecule has 6 nitrogen and oxygen atoms in total. The summed E-state index contributed by atoms with van der Waals surface area (Å²) in [5.41, 5.74) is 0. The number of hydrogen-bond acceptors (Lipinski definition) is 4. The molecule has 2 rings (SSSR count). The molecule has 0 saturated carbocycles. The van der Waals surface area contributed by atoms with Gasteiger partial charge in [0.15, 0.2) is 0 Å². The van der Waals surface area contributed by atoms with E-state index in [1.807, 2.05) is 0 Å². The standard InChI is InChI=1S/C13H21NO5/c1-14(11-8-18-7-10(11)13(16)17)12(15)5-4-9-3-2-6-19-9/h9-11H,2-8H2,1H3,(H,16,17). The summed E-state index contributed by atoms with van der Waals surface area (Å²) in [5.74, 6) is -1.55. The fraction of sp³-hybridized carbons (Fsp3) is 0.846. The number of aliphatic carboxylic acids is 1. The number of amides is 1. The van der Waals surface area contributed by atoms with Gasteiger partial charge in [0.05, 0.1) is 25.4 Å². The van der Waals surface area contributed by atoms with Gasteiger partial charge in [0.2, 0.25) is 5.91 Å². The van der Waals surface area contributed by atoms with Gasteiger partial charge in [-0.3, -0.25) is 9.59 Å². The summed E-state index contributed by atoms with van der Waals surface area (Å²) in [7, 11) is 1.66. The van der Waals surface area contributed by atoms with Crippen LogP contribution in [0.25, 0.3) is 0 Å². The Morgan fingerprint density at radius 1 is 1.37 bits per heavy atom. The van der Waals surface area contributed by atoms with Crippen molar-refractivity contribution in [2.75, 3.05) is 26.9 Å². The van der Waals surface area contributed by atoms with Gasteiger partial charge in [-0.1, -0.05) is 0 Å². The molecule has 2 saturated heterocycles. The van der Waals surface area contributed by atoms with Crippen LogP contribution in [0.3, 0.4) is 0 Å². The van der Waals surface area contributed by atoms with Crippen molar-refractivity contribution < 1.29 is 24.2 Å². The maximum atomic E-state index is 12.1. The van der Waals surface area contributed by atoms with E-state index in [0.717, 1.165) is 19.4 Å². The molecule has 3 unspecified atom stereocenters. The van der Waals surface area contributed by atoms with Crippen LogP contribution in [0.15, 0.2) is 0 Å². The molecule has 0 aromatic carbocycles. The summed E-state index contributed by atoms with van der Waals surface area (Å²) in [6.07, 6.45) is 3.39. The van der Waals surface area contributed by atoms with E-state index in [9.17, 15) is 9.59 Å². The zero-order valence-corrected chi connectivity index (χ0v) is 11.2. The average Bonchev–Trinajstić information content (AvgIpc) is 3.05. The molecule has 2 aliphatic heterocycles. The van der Waals surface area contributed by atoms with Crippen LogP contribution < -0.4 is 0 Å². The Kier molecular flexibility index (Phi) is 4.76. The van der Waals surface area contributed by atoms with Crippen LogP contribution in [0.2, 0.25) is 0 Å². The molecule has 0 aromatic rings. The van der Waals surface area contributed by atoms with Gasteiger partial charge in [0, 0.05) is 20.1 Å². The van der Waals surface area contributed by atoms with E-state index < -0.39 is 11.9 Å². The van der Waals surface area contributed by atoms with Gasteiger partial charge in [-0.25, -0.2) is 0 Å². The van der Waals surface area contributed by atoms with Gasteiger partial charge in [0.25, 0.3) is 0 Å². The number of carbonyl (C=O) groups is 2. The molecular formula is C13H21NO5. The van der Waals surface area contributed by atoms with E-state index >= 15 is 0 Å². The number of carboxylic acids is 1. The molecular weight excluding hydrogens is 250 g/mol. The first kappa shape index (κ1) is 14.3. The number of rotatable bonds is 5. The van der Waals surface area contributed by atoms with Gasteiger partial charge < -0.3 is 19.5 Å². The first-order valence-electron chi connectivity index (χ1n) is 6.77. The second-order valence-electron chi connectivity index (χ2n) is 5.23. The third-order valence-corrected chi connectivity index (χ3v) is 3.96. The second kappa shape index (κ2) is 6.34. The maximum Gasteiger partial charge on any atom is 0.311 e. The fourth-order valence-electron chi connectivity index (χ4n) is 2.68. The van der Waals surface area contributed by atoms with E-state index in [4.69, 9.17) is 14.6 Å². The number of carbonyl (C=O) groups excluding carboxylic acids is 1. The van der Waals surface area contributed by atoms with Crippen LogP contribution in [-0.4, -0.2) is 60.9 Å². The second-order valence-corrected chi connectivity index (χ2v) is 5.23. The van der Waals surface area contributed by atoms with E-state index in [-0.39, 0.29) is 24.7 Å². The lowest BCUT2D eigenvalue weighted by Gasteiger charge is -2.26. The van der Waals surface area contributed by atoms with Gasteiger partial charge in [-0.15, -0.1) is 0 Å². The molecule has 1 amide bonds. The third kappa shape index (κ3) is 3.45. The molecule has 0 bridgehead atoms. The topological polar surface area (TPSA) is 76.1 Å². The Morgan fingerprint density at radius 3 is 2.79 bits per heavy atom. The summed E-state index contributed by atoms with van der Waals surface area (Å²) >= 11 is 0. The lowest BCUT2D eigenvalue weighted by Crippen LogP contribution is -2.44. The summed E-state index contributed by atoms with van der Waals surface area (Å²) < 4.78 is 10.7. The fourth-order valence-corrected chi connectivity index (χ4v) is 2.68. The van der Waals surface area contributed by atoms with Crippen molar-refractivity contribution in [1.29, 1.82) is 0 Å². The molecule has 6 heteroatoms. The van der Waals surface area contributed by atoms with Crippen LogP contribution in [0.4, 0.5) is 0 Å². The summed E-state index contributed by atoms with van der Waals surface area (Å²) in [4.78, 5) is 24.7. The zero-order chi connectivity index (χ0) is 13.8. The predicted octanol–water partition coefficient (Wildman–Crippen LogP) is 0.504. The highest BCUT2D eigenvalue weighted by Crippen LogP contribution is 2.21. The Hall–Kier alpha value is -1.14. The molecule has 1 N–H and O–H groups in total. The summed E-state index contributed by atoms with van der Waals surface area (Å²) in [5, 5.41) is 9.08. The van der Waals surface area contributed by atoms with Crippen LogP contribution >= 0.6 is 0 Å². The number of nitrogens with zero attached hydrogens (tertiary/aromatic N) is 1. The van der Waals surface area contributed by atoms with Gasteiger partial charge >= 0.3 is 5.97 Å². The average molecular weight is 271 g/mol. The Bertz CT molecular complexity index is 340. The van der Waals surface area contributed by atoms with Crippen LogP contribution in [0, 0.1) is 5.92 Å². The molecule has 108 valence electrons. The molecule has 0 aliphatic carbocycles. The van der Waals surface area contributed by atoms with E-state index in [0.29, 0.717) is 19.4 Å². The first-order valence-corrected chi connectivity index (χ1v) is 6.77. The number of carboxylic acid groups (broad SMARTS) is 1. The molecule has 0 aromatic heterocycles.